The maximum atomic E-state index is 11.7. The number of hydrogen-bond acceptors (Lipinski definition) is 5. The Bertz CT molecular complexity index is 368. The highest BCUT2D eigenvalue weighted by molar-refractivity contribution is 5.83. The fourth-order valence-corrected chi connectivity index (χ4v) is 1.33. The Morgan fingerprint density at radius 1 is 1.26 bits per heavy atom. The summed E-state index contributed by atoms with van der Waals surface area (Å²) in [6, 6.07) is 0. The standard InChI is InChI=1S/C14H23NO4/c1-7-14(17-8-2,18-9-3)11(15)10-12(16)19-13(4,5)6/h1,10H,8-9,15H2,2-6H3. The lowest BCUT2D eigenvalue weighted by molar-refractivity contribution is -0.168. The maximum Gasteiger partial charge on any atom is 0.333 e. The summed E-state index contributed by atoms with van der Waals surface area (Å²) < 4.78 is 15.8. The molecular weight excluding hydrogens is 246 g/mol. The van der Waals surface area contributed by atoms with Gasteiger partial charge < -0.3 is 19.9 Å². The molecule has 0 aromatic rings. The lowest BCUT2D eigenvalue weighted by Crippen LogP contribution is -2.41. The highest BCUT2D eigenvalue weighted by Crippen LogP contribution is 2.20. The van der Waals surface area contributed by atoms with E-state index in [4.69, 9.17) is 26.4 Å². The van der Waals surface area contributed by atoms with Gasteiger partial charge in [0.15, 0.2) is 0 Å². The van der Waals surface area contributed by atoms with Crippen LogP contribution in [0.25, 0.3) is 0 Å². The van der Waals surface area contributed by atoms with Gasteiger partial charge in [-0.3, -0.25) is 0 Å². The van der Waals surface area contributed by atoms with Crippen LogP contribution in [0.3, 0.4) is 0 Å². The first-order valence-corrected chi connectivity index (χ1v) is 6.17. The summed E-state index contributed by atoms with van der Waals surface area (Å²) in [5.41, 5.74) is 5.21. The zero-order valence-electron chi connectivity index (χ0n) is 12.3. The van der Waals surface area contributed by atoms with Crippen LogP contribution in [0, 0.1) is 12.3 Å². The van der Waals surface area contributed by atoms with E-state index in [1.165, 1.54) is 0 Å². The number of carbonyl (C=O) groups is 1. The first kappa shape index (κ1) is 17.5. The minimum atomic E-state index is -1.53. The molecular formula is C14H23NO4. The molecule has 0 bridgehead atoms. The second-order valence-corrected chi connectivity index (χ2v) is 4.76. The normalized spacial score (nSPS) is 12.9. The minimum absolute atomic E-state index is 0.00653. The van der Waals surface area contributed by atoms with Crippen LogP contribution in [-0.4, -0.2) is 30.6 Å². The van der Waals surface area contributed by atoms with Gasteiger partial charge in [-0.15, -0.1) is 6.42 Å². The molecule has 0 aliphatic carbocycles. The highest BCUT2D eigenvalue weighted by atomic mass is 16.7. The fraction of sp³-hybridized carbons (Fsp3) is 0.643. The van der Waals surface area contributed by atoms with Crippen molar-refractivity contribution in [3.8, 4) is 12.3 Å². The molecule has 0 saturated carbocycles. The van der Waals surface area contributed by atoms with Gasteiger partial charge in [-0.05, 0) is 40.5 Å². The van der Waals surface area contributed by atoms with Gasteiger partial charge in [0.2, 0.25) is 0 Å². The molecule has 0 aromatic carbocycles. The van der Waals surface area contributed by atoms with E-state index in [1.54, 1.807) is 34.6 Å². The monoisotopic (exact) mass is 269 g/mol. The van der Waals surface area contributed by atoms with Crippen molar-refractivity contribution in [2.24, 2.45) is 5.73 Å². The molecule has 0 amide bonds. The number of carbonyl (C=O) groups excluding carboxylic acids is 1. The third-order valence-electron chi connectivity index (χ3n) is 1.95. The van der Waals surface area contributed by atoms with Crippen LogP contribution in [-0.2, 0) is 19.0 Å². The molecule has 0 aromatic heterocycles. The van der Waals surface area contributed by atoms with Crippen LogP contribution in [0.15, 0.2) is 11.8 Å². The number of ether oxygens (including phenoxy) is 3. The molecule has 0 heterocycles. The van der Waals surface area contributed by atoms with E-state index >= 15 is 0 Å². The summed E-state index contributed by atoms with van der Waals surface area (Å²) in [5, 5.41) is 0. The Balaban J connectivity index is 5.14. The smallest absolute Gasteiger partial charge is 0.333 e. The number of rotatable bonds is 6. The van der Waals surface area contributed by atoms with Crippen molar-refractivity contribution in [2.75, 3.05) is 13.2 Å². The lowest BCUT2D eigenvalue weighted by atomic mass is 10.1. The van der Waals surface area contributed by atoms with Gasteiger partial charge in [0.25, 0.3) is 5.79 Å². The molecule has 5 heteroatoms. The predicted molar refractivity (Wildman–Crippen MR) is 72.9 cm³/mol. The van der Waals surface area contributed by atoms with Crippen LogP contribution in [0.5, 0.6) is 0 Å². The Kier molecular flexibility index (Phi) is 6.60. The third-order valence-corrected chi connectivity index (χ3v) is 1.95. The topological polar surface area (TPSA) is 70.8 Å². The molecule has 0 rings (SSSR count). The molecule has 5 nitrogen and oxygen atoms in total. The van der Waals surface area contributed by atoms with Gasteiger partial charge in [0.1, 0.15) is 5.60 Å². The quantitative estimate of drug-likeness (QED) is 0.343. The SMILES string of the molecule is C#CC(OCC)(OCC)C(N)=CC(=O)OC(C)(C)C. The van der Waals surface area contributed by atoms with Gasteiger partial charge in [0.05, 0.1) is 5.70 Å². The second kappa shape index (κ2) is 7.17. The summed E-state index contributed by atoms with van der Waals surface area (Å²) in [6.45, 7) is 9.38. The van der Waals surface area contributed by atoms with E-state index in [2.05, 4.69) is 5.92 Å². The Morgan fingerprint density at radius 3 is 2.05 bits per heavy atom. The number of esters is 1. The summed E-state index contributed by atoms with van der Waals surface area (Å²) in [7, 11) is 0. The molecule has 0 aliphatic heterocycles. The van der Waals surface area contributed by atoms with Crippen molar-refractivity contribution >= 4 is 5.97 Å². The van der Waals surface area contributed by atoms with Crippen molar-refractivity contribution < 1.29 is 19.0 Å². The van der Waals surface area contributed by atoms with Crippen LogP contribution in [0.4, 0.5) is 0 Å². The second-order valence-electron chi connectivity index (χ2n) is 4.76. The fourth-order valence-electron chi connectivity index (χ4n) is 1.33. The van der Waals surface area contributed by atoms with Crippen LogP contribution >= 0.6 is 0 Å². The van der Waals surface area contributed by atoms with E-state index in [0.717, 1.165) is 6.08 Å². The van der Waals surface area contributed by atoms with Gasteiger partial charge >= 0.3 is 5.97 Å². The Morgan fingerprint density at radius 2 is 1.74 bits per heavy atom. The molecule has 108 valence electrons. The van der Waals surface area contributed by atoms with Crippen LogP contribution in [0.2, 0.25) is 0 Å². The molecule has 0 atom stereocenters. The van der Waals surface area contributed by atoms with E-state index in [9.17, 15) is 4.79 Å². The molecule has 0 spiro atoms. The summed E-state index contributed by atoms with van der Waals surface area (Å²) in [4.78, 5) is 11.7. The van der Waals surface area contributed by atoms with Crippen molar-refractivity contribution in [3.05, 3.63) is 11.8 Å². The zero-order valence-corrected chi connectivity index (χ0v) is 12.3. The van der Waals surface area contributed by atoms with Crippen molar-refractivity contribution in [3.63, 3.8) is 0 Å². The largest absolute Gasteiger partial charge is 0.457 e. The molecule has 2 N–H and O–H groups in total. The molecule has 0 radical (unpaired) electrons. The number of terminal acetylenes is 1. The van der Waals surface area contributed by atoms with E-state index in [-0.39, 0.29) is 5.70 Å². The average Bonchev–Trinajstić information content (AvgIpc) is 2.25. The van der Waals surface area contributed by atoms with E-state index < -0.39 is 17.4 Å². The average molecular weight is 269 g/mol. The third kappa shape index (κ3) is 5.77. The van der Waals surface area contributed by atoms with Gasteiger partial charge in [-0.1, -0.05) is 0 Å². The van der Waals surface area contributed by atoms with E-state index in [1.807, 2.05) is 0 Å². The van der Waals surface area contributed by atoms with E-state index in [0.29, 0.717) is 13.2 Å². The van der Waals surface area contributed by atoms with Gasteiger partial charge in [0, 0.05) is 19.3 Å². The molecule has 19 heavy (non-hydrogen) atoms. The molecule has 0 fully saturated rings. The van der Waals surface area contributed by atoms with Crippen LogP contribution < -0.4 is 5.73 Å². The summed E-state index contributed by atoms with van der Waals surface area (Å²) >= 11 is 0. The molecule has 0 aliphatic rings. The minimum Gasteiger partial charge on any atom is -0.457 e. The maximum absolute atomic E-state index is 11.7. The summed E-state index contributed by atoms with van der Waals surface area (Å²) in [6.07, 6.45) is 6.50. The lowest BCUT2D eigenvalue weighted by Gasteiger charge is -2.28. The van der Waals surface area contributed by atoms with Gasteiger partial charge in [-0.2, -0.15) is 0 Å². The first-order chi connectivity index (χ1) is 8.70. The van der Waals surface area contributed by atoms with Crippen molar-refractivity contribution in [1.82, 2.24) is 0 Å². The Labute approximate surface area is 115 Å². The number of hydrogen-bond donors (Lipinski definition) is 1. The molecule has 0 saturated heterocycles. The van der Waals surface area contributed by atoms with Crippen molar-refractivity contribution in [1.29, 1.82) is 0 Å². The van der Waals surface area contributed by atoms with Crippen molar-refractivity contribution in [2.45, 2.75) is 46.0 Å². The van der Waals surface area contributed by atoms with Crippen LogP contribution in [0.1, 0.15) is 34.6 Å². The Hall–Kier alpha value is -1.51. The highest BCUT2D eigenvalue weighted by Gasteiger charge is 2.33. The van der Waals surface area contributed by atoms with Gasteiger partial charge in [-0.25, -0.2) is 4.79 Å². The molecule has 0 unspecified atom stereocenters. The zero-order chi connectivity index (χ0) is 15.1. The predicted octanol–water partition coefficient (Wildman–Crippen LogP) is 1.57. The number of nitrogens with two attached hydrogens (primary N) is 1. The first-order valence-electron chi connectivity index (χ1n) is 6.17. The summed E-state index contributed by atoms with van der Waals surface area (Å²) in [5.74, 6) is 0.219.